The Labute approximate surface area is 296 Å². The Kier molecular flexibility index (Phi) is 10.7. The maximum Gasteiger partial charge on any atom is 0.411 e. The Morgan fingerprint density at radius 2 is 1.96 bits per heavy atom. The Bertz CT molecular complexity index is 1960. The summed E-state index contributed by atoms with van der Waals surface area (Å²) in [7, 11) is 0.00146. The van der Waals surface area contributed by atoms with E-state index in [4.69, 9.17) is 31.0 Å². The van der Waals surface area contributed by atoms with E-state index >= 15 is 0 Å². The van der Waals surface area contributed by atoms with E-state index in [1.807, 2.05) is 42.7 Å². The van der Waals surface area contributed by atoms with E-state index in [1.54, 1.807) is 22.9 Å². The van der Waals surface area contributed by atoms with Crippen molar-refractivity contribution in [2.75, 3.05) is 24.4 Å². The minimum atomic E-state index is -1.30. The molecule has 2 aromatic carbocycles. The Balaban J connectivity index is 1.40. The van der Waals surface area contributed by atoms with Crippen molar-refractivity contribution in [2.45, 2.75) is 64.0 Å². The Morgan fingerprint density at radius 1 is 1.10 bits per heavy atom. The third-order valence-electron chi connectivity index (χ3n) is 8.50. The number of carbonyl (C=O) groups is 2. The summed E-state index contributed by atoms with van der Waals surface area (Å²) in [5, 5.41) is 17.9. The smallest absolute Gasteiger partial charge is 0.411 e. The van der Waals surface area contributed by atoms with Crippen molar-refractivity contribution in [3.8, 4) is 28.1 Å². The lowest BCUT2D eigenvalue weighted by atomic mass is 9.95. The summed E-state index contributed by atoms with van der Waals surface area (Å²) >= 11 is 6.42. The van der Waals surface area contributed by atoms with Crippen molar-refractivity contribution < 1.29 is 19.1 Å². The van der Waals surface area contributed by atoms with E-state index in [-0.39, 0.29) is 11.8 Å². The van der Waals surface area contributed by atoms with Crippen molar-refractivity contribution in [1.29, 1.82) is 0 Å². The molecule has 6 rings (SSSR count). The van der Waals surface area contributed by atoms with Gasteiger partial charge in [0.25, 0.3) is 0 Å². The van der Waals surface area contributed by atoms with E-state index in [1.165, 1.54) is 13.4 Å². The minimum Gasteiger partial charge on any atom is -0.453 e. The van der Waals surface area contributed by atoms with Gasteiger partial charge in [-0.1, -0.05) is 43.7 Å². The van der Waals surface area contributed by atoms with E-state index < -0.39 is 14.2 Å². The molecule has 4 heterocycles. The molecule has 2 N–H and O–H groups in total. The third-order valence-corrected chi connectivity index (χ3v) is 10.4. The molecule has 1 atom stereocenters. The summed E-state index contributed by atoms with van der Waals surface area (Å²) in [5.41, 5.74) is 5.73. The fraction of sp³-hybridized carbons (Fsp3) is 0.343. The number of anilines is 2. The fourth-order valence-corrected chi connectivity index (χ4v) is 6.77. The van der Waals surface area contributed by atoms with Gasteiger partial charge in [0.15, 0.2) is 0 Å². The topological polar surface area (TPSA) is 151 Å². The van der Waals surface area contributed by atoms with Crippen molar-refractivity contribution in [1.82, 2.24) is 34.7 Å². The molecule has 0 fully saturated rings. The number of pyridine rings is 1. The Morgan fingerprint density at radius 3 is 2.70 bits per heavy atom. The van der Waals surface area contributed by atoms with Crippen LogP contribution in [0.3, 0.4) is 0 Å². The van der Waals surface area contributed by atoms with Crippen LogP contribution in [0, 0.1) is 0 Å². The van der Waals surface area contributed by atoms with Crippen LogP contribution in [0.15, 0.2) is 67.3 Å². The van der Waals surface area contributed by atoms with Crippen LogP contribution in [0.2, 0.25) is 30.7 Å². The number of hydrogen-bond acceptors (Lipinski definition) is 9. The molecule has 3 aromatic heterocycles. The Hall–Kier alpha value is -4.92. The predicted molar refractivity (Wildman–Crippen MR) is 194 cm³/mol. The first-order valence-electron chi connectivity index (χ1n) is 16.5. The van der Waals surface area contributed by atoms with E-state index in [0.717, 1.165) is 52.8 Å². The summed E-state index contributed by atoms with van der Waals surface area (Å²) < 4.78 is 14.7. The van der Waals surface area contributed by atoms with Crippen LogP contribution >= 0.6 is 11.6 Å². The van der Waals surface area contributed by atoms with Gasteiger partial charge in [0.05, 0.1) is 35.8 Å². The van der Waals surface area contributed by atoms with Crippen LogP contribution in [-0.2, 0) is 21.0 Å². The molecule has 0 saturated carbocycles. The van der Waals surface area contributed by atoms with Gasteiger partial charge >= 0.3 is 6.09 Å². The lowest BCUT2D eigenvalue weighted by Gasteiger charge is -2.20. The average Bonchev–Trinajstić information content (AvgIpc) is 3.77. The van der Waals surface area contributed by atoms with Crippen molar-refractivity contribution in [2.24, 2.45) is 0 Å². The number of benzene rings is 2. The molecule has 260 valence electrons. The molecule has 0 radical (unpaired) electrons. The van der Waals surface area contributed by atoms with Crippen LogP contribution in [0.4, 0.5) is 16.2 Å². The van der Waals surface area contributed by atoms with Gasteiger partial charge in [-0.05, 0) is 71.8 Å². The fourth-order valence-electron chi connectivity index (χ4n) is 5.84. The van der Waals surface area contributed by atoms with Gasteiger partial charge in [-0.15, -0.1) is 5.10 Å². The van der Waals surface area contributed by atoms with Crippen molar-refractivity contribution in [3.05, 3.63) is 83.8 Å². The summed E-state index contributed by atoms with van der Waals surface area (Å²) in [6, 6.07) is 15.9. The number of nitrogens with one attached hydrogen (secondary N) is 2. The SMILES string of the molecule is COC(=O)Nc1ccc2c(c1)NC(=O)CCCCC(c1ccc(-c3cc(Cl)ccc3-n3cnnn3)cn1)c1nc-2cn1COCC[Si](C)(C)C. The third kappa shape index (κ3) is 8.44. The zero-order valence-corrected chi connectivity index (χ0v) is 30.3. The van der Waals surface area contributed by atoms with Gasteiger partial charge in [-0.2, -0.15) is 4.68 Å². The van der Waals surface area contributed by atoms with Crippen LogP contribution in [-0.4, -0.2) is 68.5 Å². The van der Waals surface area contributed by atoms with Crippen LogP contribution in [0.25, 0.3) is 28.1 Å². The second-order valence-electron chi connectivity index (χ2n) is 13.4. The average molecular weight is 714 g/mol. The normalized spacial score (nSPS) is 15.0. The first kappa shape index (κ1) is 34.9. The highest BCUT2D eigenvalue weighted by molar-refractivity contribution is 6.76. The summed E-state index contributed by atoms with van der Waals surface area (Å²) in [6.07, 6.45) is 7.26. The number of methoxy groups -OCH3 is 1. The molecule has 1 unspecified atom stereocenters. The van der Waals surface area contributed by atoms with E-state index in [9.17, 15) is 9.59 Å². The lowest BCUT2D eigenvalue weighted by Crippen LogP contribution is -2.22. The minimum absolute atomic E-state index is 0.115. The predicted octanol–water partition coefficient (Wildman–Crippen LogP) is 7.38. The van der Waals surface area contributed by atoms with E-state index in [0.29, 0.717) is 48.3 Å². The number of imidazole rings is 1. The first-order valence-corrected chi connectivity index (χ1v) is 20.6. The second kappa shape index (κ2) is 15.3. The number of halogens is 1. The first-order chi connectivity index (χ1) is 24.1. The highest BCUT2D eigenvalue weighted by atomic mass is 35.5. The number of aromatic nitrogens is 7. The molecule has 1 aliphatic rings. The number of rotatable bonds is 9. The highest BCUT2D eigenvalue weighted by Gasteiger charge is 2.26. The van der Waals surface area contributed by atoms with Crippen LogP contribution in [0.1, 0.15) is 43.1 Å². The number of nitrogens with zero attached hydrogens (tertiary/aromatic N) is 7. The van der Waals surface area contributed by atoms with Crippen LogP contribution in [0.5, 0.6) is 0 Å². The molecule has 0 aliphatic carbocycles. The number of tetrazole rings is 1. The number of ether oxygens (including phenoxy) is 2. The summed E-state index contributed by atoms with van der Waals surface area (Å²) in [5.74, 6) is 0.526. The maximum atomic E-state index is 13.1. The molecule has 13 nitrogen and oxygen atoms in total. The highest BCUT2D eigenvalue weighted by Crippen LogP contribution is 2.37. The molecule has 2 amide bonds. The zero-order valence-electron chi connectivity index (χ0n) is 28.5. The monoisotopic (exact) mass is 713 g/mol. The molecule has 5 aromatic rings. The van der Waals surface area contributed by atoms with Gasteiger partial charge in [0.2, 0.25) is 5.91 Å². The summed E-state index contributed by atoms with van der Waals surface area (Å²) in [4.78, 5) is 35.2. The van der Waals surface area contributed by atoms with Crippen LogP contribution < -0.4 is 10.6 Å². The molecular formula is C35H40ClN9O4Si. The maximum absolute atomic E-state index is 13.1. The number of carbonyl (C=O) groups excluding carboxylic acids is 2. The molecular weight excluding hydrogens is 674 g/mol. The molecule has 2 bridgehead atoms. The standard InChI is InChI=1S/C35H40ClN9O4Si/c1-48-35(47)39-25-11-12-26-30(18-25)40-33(46)8-6-5-7-27(34-41-31(26)20-44(34)22-49-15-16-50(2,3)4)29-13-9-23(19-37-29)28-17-24(36)10-14-32(28)45-21-38-42-43-45/h9-14,17-21,27H,5-8,15-16,22H2,1-4H3,(H,39,47)(H,40,46). The van der Waals surface area contributed by atoms with Gasteiger partial charge < -0.3 is 19.4 Å². The quantitative estimate of drug-likeness (QED) is 0.118. The number of hydrogen-bond donors (Lipinski definition) is 2. The van der Waals surface area contributed by atoms with Crippen molar-refractivity contribution in [3.63, 3.8) is 0 Å². The number of amides is 2. The molecule has 50 heavy (non-hydrogen) atoms. The molecule has 15 heteroatoms. The number of fused-ring (bicyclic) bond motifs is 4. The largest absolute Gasteiger partial charge is 0.453 e. The van der Waals surface area contributed by atoms with Gasteiger partial charge in [-0.3, -0.25) is 15.1 Å². The van der Waals surface area contributed by atoms with Gasteiger partial charge in [-0.25, -0.2) is 9.78 Å². The molecule has 1 aliphatic heterocycles. The second-order valence-corrected chi connectivity index (χ2v) is 19.5. The van der Waals surface area contributed by atoms with Gasteiger partial charge in [0.1, 0.15) is 18.9 Å². The molecule has 0 saturated heterocycles. The summed E-state index contributed by atoms with van der Waals surface area (Å²) in [6.45, 7) is 7.95. The van der Waals surface area contributed by atoms with E-state index in [2.05, 4.69) is 50.4 Å². The lowest BCUT2D eigenvalue weighted by molar-refractivity contribution is -0.116. The van der Waals surface area contributed by atoms with Gasteiger partial charge in [0, 0.05) is 60.9 Å². The van der Waals surface area contributed by atoms with Crippen molar-refractivity contribution >= 4 is 43.1 Å². The zero-order chi connectivity index (χ0) is 35.3. The molecule has 0 spiro atoms.